The lowest BCUT2D eigenvalue weighted by Gasteiger charge is -2.18. The highest BCUT2D eigenvalue weighted by molar-refractivity contribution is 5.92. The largest absolute Gasteiger partial charge is 0.326 e. The number of carbonyl (C=O) groups is 1. The number of hydrogen-bond acceptors (Lipinski definition) is 2. The predicted molar refractivity (Wildman–Crippen MR) is 146 cm³/mol. The maximum absolute atomic E-state index is 13.0. The van der Waals surface area contributed by atoms with E-state index >= 15 is 0 Å². The van der Waals surface area contributed by atoms with E-state index in [0.717, 1.165) is 40.2 Å². The molecule has 4 heteroatoms. The number of nitrogens with zero attached hydrogens (tertiary/aromatic N) is 2. The Bertz CT molecular complexity index is 1370. The van der Waals surface area contributed by atoms with Gasteiger partial charge in [0.2, 0.25) is 5.91 Å². The van der Waals surface area contributed by atoms with Gasteiger partial charge < -0.3 is 5.32 Å². The van der Waals surface area contributed by atoms with Crippen LogP contribution in [0.1, 0.15) is 34.7 Å². The molecule has 1 heterocycles. The Balaban J connectivity index is 1.28. The minimum atomic E-state index is -0.00711. The summed E-state index contributed by atoms with van der Waals surface area (Å²) in [4.78, 5) is 13.0. The van der Waals surface area contributed by atoms with Crippen LogP contribution in [0.2, 0.25) is 0 Å². The van der Waals surface area contributed by atoms with E-state index in [9.17, 15) is 4.79 Å². The molecule has 0 aliphatic carbocycles. The van der Waals surface area contributed by atoms with Crippen molar-refractivity contribution in [3.05, 3.63) is 144 Å². The normalized spacial score (nSPS) is 10.9. The van der Waals surface area contributed by atoms with Gasteiger partial charge in [-0.1, -0.05) is 103 Å². The fourth-order valence-corrected chi connectivity index (χ4v) is 4.58. The Labute approximate surface area is 212 Å². The van der Waals surface area contributed by atoms with Crippen LogP contribution in [-0.4, -0.2) is 15.7 Å². The number of rotatable bonds is 8. The third-order valence-electron chi connectivity index (χ3n) is 6.55. The van der Waals surface area contributed by atoms with Gasteiger partial charge in [-0.15, -0.1) is 0 Å². The first-order valence-corrected chi connectivity index (χ1v) is 12.2. The SMILES string of the molecule is Cc1c(-c2ccc(NC(=O)CC(c3ccccc3)c3ccccc3)cc2)cnn1Cc1ccccc1. The fourth-order valence-electron chi connectivity index (χ4n) is 4.58. The quantitative estimate of drug-likeness (QED) is 0.263. The molecule has 0 atom stereocenters. The van der Waals surface area contributed by atoms with Gasteiger partial charge in [0.15, 0.2) is 0 Å². The molecule has 0 saturated carbocycles. The summed E-state index contributed by atoms with van der Waals surface area (Å²) in [5, 5.41) is 7.68. The lowest BCUT2D eigenvalue weighted by atomic mass is 9.88. The smallest absolute Gasteiger partial charge is 0.225 e. The van der Waals surface area contributed by atoms with E-state index in [1.54, 1.807) is 0 Å². The van der Waals surface area contributed by atoms with Crippen molar-refractivity contribution < 1.29 is 4.79 Å². The van der Waals surface area contributed by atoms with Gasteiger partial charge in [-0.2, -0.15) is 5.10 Å². The molecule has 5 aromatic rings. The number of carbonyl (C=O) groups excluding carboxylic acids is 1. The van der Waals surface area contributed by atoms with E-state index in [-0.39, 0.29) is 11.8 Å². The zero-order valence-electron chi connectivity index (χ0n) is 20.3. The van der Waals surface area contributed by atoms with Crippen molar-refractivity contribution in [1.29, 1.82) is 0 Å². The summed E-state index contributed by atoms with van der Waals surface area (Å²) < 4.78 is 2.02. The van der Waals surface area contributed by atoms with Crippen LogP contribution in [0.25, 0.3) is 11.1 Å². The summed E-state index contributed by atoms with van der Waals surface area (Å²) in [6.07, 6.45) is 2.29. The fraction of sp³-hybridized carbons (Fsp3) is 0.125. The van der Waals surface area contributed by atoms with Crippen molar-refractivity contribution in [2.45, 2.75) is 25.8 Å². The van der Waals surface area contributed by atoms with Crippen molar-refractivity contribution in [3.8, 4) is 11.1 Å². The molecular weight excluding hydrogens is 442 g/mol. The highest BCUT2D eigenvalue weighted by atomic mass is 16.1. The summed E-state index contributed by atoms with van der Waals surface area (Å²) in [5.74, 6) is -0.00269. The van der Waals surface area contributed by atoms with Gasteiger partial charge in [0.25, 0.3) is 0 Å². The monoisotopic (exact) mass is 471 g/mol. The molecule has 1 N–H and O–H groups in total. The zero-order chi connectivity index (χ0) is 24.7. The lowest BCUT2D eigenvalue weighted by molar-refractivity contribution is -0.116. The summed E-state index contributed by atoms with van der Waals surface area (Å²) >= 11 is 0. The van der Waals surface area contributed by atoms with Crippen LogP contribution in [0.5, 0.6) is 0 Å². The molecule has 178 valence electrons. The summed E-state index contributed by atoms with van der Waals surface area (Å²) in [6, 6.07) is 38.7. The topological polar surface area (TPSA) is 46.9 Å². The standard InChI is InChI=1S/C32H29N3O/c1-24-31(22-33-35(24)23-25-11-5-2-6-12-25)28-17-19-29(20-18-28)34-32(36)21-30(26-13-7-3-8-14-26)27-15-9-4-10-16-27/h2-20,22,30H,21,23H2,1H3,(H,34,36). The minimum absolute atomic E-state index is 0.00442. The Morgan fingerprint density at radius 2 is 1.33 bits per heavy atom. The van der Waals surface area contributed by atoms with Gasteiger partial charge in [-0.05, 0) is 41.3 Å². The van der Waals surface area contributed by atoms with Crippen molar-refractivity contribution in [2.24, 2.45) is 0 Å². The van der Waals surface area contributed by atoms with Gasteiger partial charge in [0.1, 0.15) is 0 Å². The average Bonchev–Trinajstić information content (AvgIpc) is 3.29. The molecule has 4 aromatic carbocycles. The van der Waals surface area contributed by atoms with Gasteiger partial charge in [-0.3, -0.25) is 9.48 Å². The lowest BCUT2D eigenvalue weighted by Crippen LogP contribution is -2.16. The molecule has 1 aromatic heterocycles. The Kier molecular flexibility index (Phi) is 7.04. The maximum Gasteiger partial charge on any atom is 0.225 e. The third kappa shape index (κ3) is 5.44. The van der Waals surface area contributed by atoms with Crippen LogP contribution >= 0.6 is 0 Å². The van der Waals surface area contributed by atoms with Gasteiger partial charge >= 0.3 is 0 Å². The second-order valence-corrected chi connectivity index (χ2v) is 8.99. The highest BCUT2D eigenvalue weighted by Gasteiger charge is 2.18. The summed E-state index contributed by atoms with van der Waals surface area (Å²) in [7, 11) is 0. The molecule has 0 unspecified atom stereocenters. The second kappa shape index (κ2) is 10.9. The van der Waals surface area contributed by atoms with Crippen LogP contribution in [0, 0.1) is 6.92 Å². The van der Waals surface area contributed by atoms with E-state index < -0.39 is 0 Å². The molecular formula is C32H29N3O. The first-order chi connectivity index (χ1) is 17.7. The predicted octanol–water partition coefficient (Wildman–Crippen LogP) is 7.07. The highest BCUT2D eigenvalue weighted by Crippen LogP contribution is 2.29. The molecule has 0 radical (unpaired) electrons. The first-order valence-electron chi connectivity index (χ1n) is 12.2. The number of aromatic nitrogens is 2. The minimum Gasteiger partial charge on any atom is -0.326 e. The summed E-state index contributed by atoms with van der Waals surface area (Å²) in [6.45, 7) is 2.83. The Morgan fingerprint density at radius 1 is 0.778 bits per heavy atom. The Morgan fingerprint density at radius 3 is 1.92 bits per heavy atom. The molecule has 0 bridgehead atoms. The number of amides is 1. The van der Waals surface area contributed by atoms with Crippen molar-refractivity contribution in [1.82, 2.24) is 9.78 Å². The first kappa shape index (κ1) is 23.3. The van der Waals surface area contributed by atoms with Crippen LogP contribution in [0.3, 0.4) is 0 Å². The molecule has 0 fully saturated rings. The Hall–Kier alpha value is -4.44. The van der Waals surface area contributed by atoms with Crippen LogP contribution in [0.15, 0.2) is 121 Å². The molecule has 0 aliphatic heterocycles. The van der Waals surface area contributed by atoms with Crippen LogP contribution < -0.4 is 5.32 Å². The van der Waals surface area contributed by atoms with Crippen LogP contribution in [0.4, 0.5) is 5.69 Å². The van der Waals surface area contributed by atoms with Crippen molar-refractivity contribution >= 4 is 11.6 Å². The van der Waals surface area contributed by atoms with Gasteiger partial charge in [0, 0.05) is 29.3 Å². The third-order valence-corrected chi connectivity index (χ3v) is 6.55. The van der Waals surface area contributed by atoms with Crippen molar-refractivity contribution in [3.63, 3.8) is 0 Å². The average molecular weight is 472 g/mol. The number of benzene rings is 4. The molecule has 0 aliphatic rings. The molecule has 0 spiro atoms. The molecule has 36 heavy (non-hydrogen) atoms. The van der Waals surface area contributed by atoms with E-state index in [1.165, 1.54) is 5.56 Å². The maximum atomic E-state index is 13.0. The molecule has 5 rings (SSSR count). The molecule has 4 nitrogen and oxygen atoms in total. The zero-order valence-corrected chi connectivity index (χ0v) is 20.3. The van der Waals surface area contributed by atoms with Crippen molar-refractivity contribution in [2.75, 3.05) is 5.32 Å². The van der Waals surface area contributed by atoms with E-state index in [1.807, 2.05) is 89.7 Å². The summed E-state index contributed by atoms with van der Waals surface area (Å²) in [5.41, 5.74) is 7.57. The van der Waals surface area contributed by atoms with E-state index in [0.29, 0.717) is 6.42 Å². The molecule has 1 amide bonds. The number of nitrogens with one attached hydrogen (secondary N) is 1. The van der Waals surface area contributed by atoms with Gasteiger partial charge in [-0.25, -0.2) is 0 Å². The van der Waals surface area contributed by atoms with E-state index in [2.05, 4.69) is 53.7 Å². The van der Waals surface area contributed by atoms with E-state index in [4.69, 9.17) is 0 Å². The van der Waals surface area contributed by atoms with Crippen LogP contribution in [-0.2, 0) is 11.3 Å². The number of hydrogen-bond donors (Lipinski definition) is 1. The van der Waals surface area contributed by atoms with Gasteiger partial charge in [0.05, 0.1) is 12.7 Å². The molecule has 0 saturated heterocycles. The second-order valence-electron chi connectivity index (χ2n) is 8.99. The number of anilines is 1.